The van der Waals surface area contributed by atoms with Gasteiger partial charge in [-0.05, 0) is 24.6 Å². The molecule has 0 radical (unpaired) electrons. The van der Waals surface area contributed by atoms with Crippen LogP contribution in [0.5, 0.6) is 5.75 Å². The van der Waals surface area contributed by atoms with Gasteiger partial charge in [-0.25, -0.2) is 9.18 Å². The van der Waals surface area contributed by atoms with Gasteiger partial charge in [0.1, 0.15) is 5.75 Å². The molecule has 226 valence electrons. The Morgan fingerprint density at radius 1 is 0.744 bits per heavy atom. The van der Waals surface area contributed by atoms with E-state index in [0.717, 1.165) is 6.92 Å². The lowest BCUT2D eigenvalue weighted by Crippen LogP contribution is -2.75. The van der Waals surface area contributed by atoms with Crippen LogP contribution in [0.4, 0.5) is 74.6 Å². The Morgan fingerprint density at radius 2 is 1.15 bits per heavy atom. The van der Waals surface area contributed by atoms with Crippen LogP contribution in [-0.2, 0) is 0 Å². The van der Waals surface area contributed by atoms with E-state index in [1.54, 1.807) is 0 Å². The molecular formula is C19H13F17O3. The summed E-state index contributed by atoms with van der Waals surface area (Å²) in [6.45, 7) is 0.768. The Labute approximate surface area is 205 Å². The van der Waals surface area contributed by atoms with Crippen LogP contribution in [0.1, 0.15) is 30.1 Å². The number of rotatable bonds is 13. The number of alkyl halides is 17. The van der Waals surface area contributed by atoms with Gasteiger partial charge < -0.3 is 9.84 Å². The molecule has 0 spiro atoms. The minimum absolute atomic E-state index is 0.0995. The van der Waals surface area contributed by atoms with Gasteiger partial charge in [0.2, 0.25) is 0 Å². The van der Waals surface area contributed by atoms with Crippen molar-refractivity contribution in [1.82, 2.24) is 0 Å². The summed E-state index contributed by atoms with van der Waals surface area (Å²) in [7, 11) is 0. The number of benzene rings is 1. The zero-order valence-corrected chi connectivity index (χ0v) is 18.5. The molecule has 0 saturated carbocycles. The predicted octanol–water partition coefficient (Wildman–Crippen LogP) is 7.94. The minimum Gasteiger partial charge on any atom is -0.478 e. The summed E-state index contributed by atoms with van der Waals surface area (Å²) in [5.41, 5.74) is -1.08. The summed E-state index contributed by atoms with van der Waals surface area (Å²) in [4.78, 5) is 10.7. The number of aromatic carboxylic acids is 1. The number of hydrogen-bond acceptors (Lipinski definition) is 2. The third kappa shape index (κ3) is 5.02. The van der Waals surface area contributed by atoms with E-state index >= 15 is 0 Å². The first kappa shape index (κ1) is 34.3. The van der Waals surface area contributed by atoms with E-state index in [4.69, 9.17) is 5.11 Å². The van der Waals surface area contributed by atoms with Gasteiger partial charge >= 0.3 is 53.5 Å². The number of hydrogen-bond donors (Lipinski definition) is 1. The summed E-state index contributed by atoms with van der Waals surface area (Å²) in [6, 6.07) is 1.03. The molecule has 1 aromatic rings. The fourth-order valence-electron chi connectivity index (χ4n) is 2.72. The van der Waals surface area contributed by atoms with Crippen molar-refractivity contribution in [2.75, 3.05) is 0 Å². The minimum atomic E-state index is -8.70. The largest absolute Gasteiger partial charge is 0.478 e. The number of carbonyl (C=O) groups is 1. The number of halogens is 17. The summed E-state index contributed by atoms with van der Waals surface area (Å²) in [6.07, 6.45) is -14.2. The first-order valence-electron chi connectivity index (χ1n) is 9.80. The molecule has 0 aliphatic heterocycles. The van der Waals surface area contributed by atoms with Crippen LogP contribution in [0.3, 0.4) is 0 Å². The molecule has 1 aromatic carbocycles. The number of carboxylic acid groups (broad SMARTS) is 1. The molecule has 0 bridgehead atoms. The topological polar surface area (TPSA) is 46.5 Å². The van der Waals surface area contributed by atoms with Crippen LogP contribution in [0.15, 0.2) is 24.3 Å². The molecule has 1 N–H and O–H groups in total. The molecule has 0 fully saturated rings. The summed E-state index contributed by atoms with van der Waals surface area (Å²) < 4.78 is 237. The summed E-state index contributed by atoms with van der Waals surface area (Å²) in [5.74, 6) is -61.2. The zero-order valence-electron chi connectivity index (χ0n) is 18.5. The maximum Gasteiger partial charge on any atom is 0.471 e. The van der Waals surface area contributed by atoms with Gasteiger partial charge in [-0.2, -0.15) is 70.2 Å². The average molecular weight is 612 g/mol. The van der Waals surface area contributed by atoms with Gasteiger partial charge in [-0.15, -0.1) is 0 Å². The van der Waals surface area contributed by atoms with Crippen molar-refractivity contribution < 1.29 is 89.3 Å². The Bertz CT molecular complexity index is 1040. The van der Waals surface area contributed by atoms with Crippen LogP contribution in [0, 0.1) is 0 Å². The van der Waals surface area contributed by atoms with E-state index in [2.05, 4.69) is 4.74 Å². The zero-order chi connectivity index (χ0) is 31.3. The summed E-state index contributed by atoms with van der Waals surface area (Å²) >= 11 is 0. The third-order valence-corrected chi connectivity index (χ3v) is 5.02. The van der Waals surface area contributed by atoms with Crippen LogP contribution in [-0.4, -0.2) is 64.8 Å². The predicted molar refractivity (Wildman–Crippen MR) is 93.4 cm³/mol. The van der Waals surface area contributed by atoms with E-state index in [-0.39, 0.29) is 12.1 Å². The molecule has 1 unspecified atom stereocenters. The Balaban J connectivity index is 3.63. The molecule has 0 aromatic heterocycles. The molecule has 0 saturated heterocycles. The highest BCUT2D eigenvalue weighted by molar-refractivity contribution is 5.88. The number of carboxylic acids is 1. The lowest BCUT2D eigenvalue weighted by molar-refractivity contribution is -0.467. The molecule has 39 heavy (non-hydrogen) atoms. The first-order chi connectivity index (χ1) is 17.1. The monoisotopic (exact) mass is 612 g/mol. The third-order valence-electron chi connectivity index (χ3n) is 5.02. The average Bonchev–Trinajstić information content (AvgIpc) is 2.78. The molecular weight excluding hydrogens is 599 g/mol. The molecule has 1 atom stereocenters. The molecule has 0 amide bonds. The lowest BCUT2D eigenvalue weighted by Gasteiger charge is -2.43. The van der Waals surface area contributed by atoms with Crippen LogP contribution < -0.4 is 4.74 Å². The van der Waals surface area contributed by atoms with E-state index < -0.39 is 83.9 Å². The van der Waals surface area contributed by atoms with Gasteiger partial charge in [0.25, 0.3) is 0 Å². The van der Waals surface area contributed by atoms with Crippen LogP contribution in [0.25, 0.3) is 0 Å². The molecule has 0 aliphatic carbocycles. The normalized spacial score (nSPS) is 15.7. The fourth-order valence-corrected chi connectivity index (χ4v) is 2.72. The van der Waals surface area contributed by atoms with E-state index in [1.807, 2.05) is 0 Å². The molecule has 20 heteroatoms. The van der Waals surface area contributed by atoms with Crippen LogP contribution >= 0.6 is 0 Å². The van der Waals surface area contributed by atoms with Crippen molar-refractivity contribution in [1.29, 1.82) is 0 Å². The van der Waals surface area contributed by atoms with Crippen molar-refractivity contribution in [3.8, 4) is 5.75 Å². The van der Waals surface area contributed by atoms with Crippen molar-refractivity contribution in [2.45, 2.75) is 73.5 Å². The second kappa shape index (κ2) is 10.0. The number of ether oxygens (including phenoxy) is 1. The lowest BCUT2D eigenvalue weighted by atomic mass is 9.87. The van der Waals surface area contributed by atoms with Crippen LogP contribution in [0.2, 0.25) is 0 Å². The summed E-state index contributed by atoms with van der Waals surface area (Å²) in [5, 5.41) is 8.65. The van der Waals surface area contributed by atoms with Crippen molar-refractivity contribution in [3.63, 3.8) is 0 Å². The second-order valence-electron chi connectivity index (χ2n) is 7.78. The maximum atomic E-state index is 13.9. The molecule has 0 aliphatic rings. The van der Waals surface area contributed by atoms with Gasteiger partial charge in [-0.1, -0.05) is 19.4 Å². The molecule has 1 rings (SSSR count). The van der Waals surface area contributed by atoms with Crippen molar-refractivity contribution in [3.05, 3.63) is 29.8 Å². The standard InChI is InChI=1S/C19H13F17O3/c1-2-4-10(20)12(21,22)13(23,24)14(25,26)15(27,28)16(29,30)17(31,32)18(33,34)19(35,36)39-9-6-3-5-8(7-9)11(37)38/h3,5-7,10H,2,4H2,1H3,(H,37,38). The van der Waals surface area contributed by atoms with E-state index in [0.29, 0.717) is 12.1 Å². The molecule has 0 heterocycles. The molecule has 3 nitrogen and oxygen atoms in total. The Hall–Kier alpha value is -2.70. The highest BCUT2D eigenvalue weighted by atomic mass is 19.4. The first-order valence-corrected chi connectivity index (χ1v) is 9.80. The van der Waals surface area contributed by atoms with Gasteiger partial charge in [0, 0.05) is 0 Å². The van der Waals surface area contributed by atoms with Crippen molar-refractivity contribution in [2.24, 2.45) is 0 Å². The fraction of sp³-hybridized carbons (Fsp3) is 0.632. The highest BCUT2D eigenvalue weighted by Gasteiger charge is 2.95. The van der Waals surface area contributed by atoms with E-state index in [1.165, 1.54) is 0 Å². The quantitative estimate of drug-likeness (QED) is 0.230. The Kier molecular flexibility index (Phi) is 8.84. The maximum absolute atomic E-state index is 13.9. The van der Waals surface area contributed by atoms with Gasteiger partial charge in [0.05, 0.1) is 5.56 Å². The Morgan fingerprint density at radius 3 is 1.56 bits per heavy atom. The van der Waals surface area contributed by atoms with Crippen molar-refractivity contribution >= 4 is 5.97 Å². The SMILES string of the molecule is CCCC(F)C(F)(F)C(F)(F)C(F)(F)C(F)(F)C(F)(F)C(F)(F)C(F)(F)C(F)(F)Oc1cccc(C(=O)O)c1. The van der Waals surface area contributed by atoms with E-state index in [9.17, 15) is 79.4 Å². The smallest absolute Gasteiger partial charge is 0.471 e. The van der Waals surface area contributed by atoms with Gasteiger partial charge in [0.15, 0.2) is 6.17 Å². The van der Waals surface area contributed by atoms with Gasteiger partial charge in [-0.3, -0.25) is 0 Å². The second-order valence-corrected chi connectivity index (χ2v) is 7.78. The highest BCUT2D eigenvalue weighted by Crippen LogP contribution is 2.64.